The summed E-state index contributed by atoms with van der Waals surface area (Å²) >= 11 is 0. The van der Waals surface area contributed by atoms with Crippen LogP contribution in [0.25, 0.3) is 0 Å². The predicted molar refractivity (Wildman–Crippen MR) is 65.5 cm³/mol. The lowest BCUT2D eigenvalue weighted by Crippen LogP contribution is -2.30. The molecule has 1 nitrogen and oxygen atoms in total. The summed E-state index contributed by atoms with van der Waals surface area (Å²) < 4.78 is 0. The molecular formula is C13H29N. The minimum Gasteiger partial charge on any atom is -0.316 e. The Hall–Kier alpha value is -0.0400. The molecule has 14 heavy (non-hydrogen) atoms. The van der Waals surface area contributed by atoms with E-state index in [9.17, 15) is 0 Å². The first-order chi connectivity index (χ1) is 6.49. The van der Waals surface area contributed by atoms with Crippen molar-refractivity contribution < 1.29 is 0 Å². The van der Waals surface area contributed by atoms with E-state index in [0.717, 1.165) is 30.2 Å². The Morgan fingerprint density at radius 2 is 1.43 bits per heavy atom. The summed E-state index contributed by atoms with van der Waals surface area (Å²) in [6.45, 7) is 16.2. The Labute approximate surface area is 90.7 Å². The van der Waals surface area contributed by atoms with Gasteiger partial charge in [0.15, 0.2) is 0 Å². The zero-order chi connectivity index (χ0) is 11.1. The van der Waals surface area contributed by atoms with Crippen molar-refractivity contribution in [2.24, 2.45) is 23.7 Å². The molecule has 0 saturated carbocycles. The molecular weight excluding hydrogens is 170 g/mol. The zero-order valence-corrected chi connectivity index (χ0v) is 10.9. The van der Waals surface area contributed by atoms with E-state index in [1.807, 2.05) is 0 Å². The molecule has 0 aromatic rings. The predicted octanol–water partition coefficient (Wildman–Crippen LogP) is 3.55. The van der Waals surface area contributed by atoms with Crippen LogP contribution in [0.3, 0.4) is 0 Å². The highest BCUT2D eigenvalue weighted by Crippen LogP contribution is 2.22. The van der Waals surface area contributed by atoms with Gasteiger partial charge in [0.05, 0.1) is 0 Å². The molecule has 0 saturated heterocycles. The maximum Gasteiger partial charge on any atom is -0.00204 e. The van der Waals surface area contributed by atoms with Crippen LogP contribution >= 0.6 is 0 Å². The van der Waals surface area contributed by atoms with Gasteiger partial charge in [0.1, 0.15) is 0 Å². The fraction of sp³-hybridized carbons (Fsp3) is 1.00. The molecule has 0 heterocycles. The van der Waals surface area contributed by atoms with Crippen molar-refractivity contribution in [1.82, 2.24) is 5.32 Å². The lowest BCUT2D eigenvalue weighted by Gasteiger charge is -2.25. The summed E-state index contributed by atoms with van der Waals surface area (Å²) in [5.74, 6) is 3.25. The molecule has 1 heteroatoms. The van der Waals surface area contributed by atoms with E-state index in [4.69, 9.17) is 0 Å². The summed E-state index contributed by atoms with van der Waals surface area (Å²) in [6.07, 6.45) is 1.30. The minimum absolute atomic E-state index is 0.765. The van der Waals surface area contributed by atoms with Crippen LogP contribution in [-0.2, 0) is 0 Å². The highest BCUT2D eigenvalue weighted by atomic mass is 14.9. The van der Waals surface area contributed by atoms with Gasteiger partial charge in [-0.2, -0.15) is 0 Å². The summed E-state index contributed by atoms with van der Waals surface area (Å²) in [7, 11) is 0. The monoisotopic (exact) mass is 199 g/mol. The van der Waals surface area contributed by atoms with E-state index in [1.165, 1.54) is 13.0 Å². The molecule has 0 amide bonds. The first-order valence-corrected chi connectivity index (χ1v) is 6.19. The first-order valence-electron chi connectivity index (χ1n) is 6.19. The molecule has 0 aliphatic rings. The van der Waals surface area contributed by atoms with Gasteiger partial charge in [-0.15, -0.1) is 0 Å². The molecule has 86 valence electrons. The molecule has 0 rings (SSSR count). The summed E-state index contributed by atoms with van der Waals surface area (Å²) in [4.78, 5) is 0. The molecule has 0 aromatic heterocycles. The lowest BCUT2D eigenvalue weighted by atomic mass is 9.83. The Morgan fingerprint density at radius 3 is 1.86 bits per heavy atom. The highest BCUT2D eigenvalue weighted by Gasteiger charge is 2.17. The van der Waals surface area contributed by atoms with Gasteiger partial charge in [-0.05, 0) is 36.8 Å². The Morgan fingerprint density at radius 1 is 0.857 bits per heavy atom. The van der Waals surface area contributed by atoms with Gasteiger partial charge in [0, 0.05) is 0 Å². The van der Waals surface area contributed by atoms with E-state index in [2.05, 4.69) is 46.9 Å². The topological polar surface area (TPSA) is 12.0 Å². The highest BCUT2D eigenvalue weighted by molar-refractivity contribution is 4.69. The van der Waals surface area contributed by atoms with Crippen LogP contribution < -0.4 is 5.32 Å². The third-order valence-corrected chi connectivity index (χ3v) is 3.46. The second-order valence-electron chi connectivity index (χ2n) is 5.27. The van der Waals surface area contributed by atoms with E-state index in [0.29, 0.717) is 0 Å². The number of hydrogen-bond donors (Lipinski definition) is 1. The van der Waals surface area contributed by atoms with Crippen LogP contribution in [0.2, 0.25) is 0 Å². The molecule has 0 fully saturated rings. The lowest BCUT2D eigenvalue weighted by molar-refractivity contribution is 0.263. The van der Waals surface area contributed by atoms with Gasteiger partial charge < -0.3 is 5.32 Å². The van der Waals surface area contributed by atoms with Crippen molar-refractivity contribution in [2.75, 3.05) is 13.1 Å². The van der Waals surface area contributed by atoms with Gasteiger partial charge in [-0.25, -0.2) is 0 Å². The van der Waals surface area contributed by atoms with Gasteiger partial charge in [0.2, 0.25) is 0 Å². The van der Waals surface area contributed by atoms with Crippen molar-refractivity contribution in [3.63, 3.8) is 0 Å². The van der Waals surface area contributed by atoms with Crippen molar-refractivity contribution in [3.8, 4) is 0 Å². The summed E-state index contributed by atoms with van der Waals surface area (Å²) in [6, 6.07) is 0. The quantitative estimate of drug-likeness (QED) is 0.661. The standard InChI is InChI=1S/C13H29N/c1-7-11(4)13(6)12(5)9-14-8-10(2)3/h10-14H,7-9H2,1-6H3. The average molecular weight is 199 g/mol. The Balaban J connectivity index is 3.67. The molecule has 0 bridgehead atoms. The van der Waals surface area contributed by atoms with Crippen LogP contribution in [0.4, 0.5) is 0 Å². The van der Waals surface area contributed by atoms with Gasteiger partial charge in [-0.1, -0.05) is 48.0 Å². The van der Waals surface area contributed by atoms with E-state index >= 15 is 0 Å². The van der Waals surface area contributed by atoms with Crippen molar-refractivity contribution >= 4 is 0 Å². The molecule has 3 unspecified atom stereocenters. The molecule has 1 N–H and O–H groups in total. The van der Waals surface area contributed by atoms with E-state index in [-0.39, 0.29) is 0 Å². The number of hydrogen-bond acceptors (Lipinski definition) is 1. The van der Waals surface area contributed by atoms with Crippen LogP contribution in [0.5, 0.6) is 0 Å². The molecule has 0 spiro atoms. The van der Waals surface area contributed by atoms with Crippen LogP contribution in [0.1, 0.15) is 48.0 Å². The molecule has 0 aliphatic carbocycles. The zero-order valence-electron chi connectivity index (χ0n) is 10.9. The Kier molecular flexibility index (Phi) is 7.26. The normalized spacial score (nSPS) is 18.2. The SMILES string of the molecule is CCC(C)C(C)C(C)CNCC(C)C. The van der Waals surface area contributed by atoms with E-state index < -0.39 is 0 Å². The third-order valence-electron chi connectivity index (χ3n) is 3.46. The third kappa shape index (κ3) is 5.64. The largest absolute Gasteiger partial charge is 0.316 e. The second-order valence-corrected chi connectivity index (χ2v) is 5.27. The summed E-state index contributed by atoms with van der Waals surface area (Å²) in [5.41, 5.74) is 0. The first kappa shape index (κ1) is 14.0. The molecule has 0 aliphatic heterocycles. The van der Waals surface area contributed by atoms with Gasteiger partial charge in [-0.3, -0.25) is 0 Å². The fourth-order valence-corrected chi connectivity index (χ4v) is 1.72. The smallest absolute Gasteiger partial charge is 0.00204 e. The molecule has 0 aromatic carbocycles. The maximum absolute atomic E-state index is 3.54. The van der Waals surface area contributed by atoms with Crippen molar-refractivity contribution in [3.05, 3.63) is 0 Å². The van der Waals surface area contributed by atoms with Crippen LogP contribution in [-0.4, -0.2) is 13.1 Å². The molecule has 3 atom stereocenters. The van der Waals surface area contributed by atoms with Crippen LogP contribution in [0.15, 0.2) is 0 Å². The number of rotatable bonds is 7. The number of nitrogens with one attached hydrogen (secondary N) is 1. The summed E-state index contributed by atoms with van der Waals surface area (Å²) in [5, 5.41) is 3.54. The van der Waals surface area contributed by atoms with E-state index in [1.54, 1.807) is 0 Å². The van der Waals surface area contributed by atoms with Crippen molar-refractivity contribution in [2.45, 2.75) is 48.0 Å². The van der Waals surface area contributed by atoms with Gasteiger partial charge >= 0.3 is 0 Å². The maximum atomic E-state index is 3.54. The minimum atomic E-state index is 0.765. The van der Waals surface area contributed by atoms with Gasteiger partial charge in [0.25, 0.3) is 0 Å². The second kappa shape index (κ2) is 7.28. The Bertz CT molecular complexity index is 131. The molecule has 0 radical (unpaired) electrons. The fourth-order valence-electron chi connectivity index (χ4n) is 1.72. The van der Waals surface area contributed by atoms with Crippen LogP contribution in [0, 0.1) is 23.7 Å². The van der Waals surface area contributed by atoms with Crippen molar-refractivity contribution in [1.29, 1.82) is 0 Å². The average Bonchev–Trinajstić information content (AvgIpc) is 2.14.